The van der Waals surface area contributed by atoms with Gasteiger partial charge in [-0.05, 0) is 45.2 Å². The van der Waals surface area contributed by atoms with Crippen LogP contribution < -0.4 is 5.32 Å². The summed E-state index contributed by atoms with van der Waals surface area (Å²) in [5, 5.41) is 5.02. The molecule has 0 spiro atoms. The van der Waals surface area contributed by atoms with Gasteiger partial charge in [0.25, 0.3) is 0 Å². The van der Waals surface area contributed by atoms with E-state index in [9.17, 15) is 0 Å². The minimum atomic E-state index is -0.0406. The number of thiazole rings is 1. The van der Waals surface area contributed by atoms with Crippen LogP contribution in [0.2, 0.25) is 0 Å². The summed E-state index contributed by atoms with van der Waals surface area (Å²) in [6, 6.07) is 10.7. The summed E-state index contributed by atoms with van der Waals surface area (Å²) in [6.45, 7) is 9.78. The van der Waals surface area contributed by atoms with E-state index in [0.29, 0.717) is 0 Å². The van der Waals surface area contributed by atoms with Gasteiger partial charge in [-0.1, -0.05) is 44.2 Å². The fraction of sp³-hybridized carbons (Fsp3) is 0.500. The second-order valence-corrected chi connectivity index (χ2v) is 6.89. The van der Waals surface area contributed by atoms with Crippen LogP contribution in [0, 0.1) is 13.8 Å². The molecular weight excluding hydrogens is 276 g/mol. The predicted octanol–water partition coefficient (Wildman–Crippen LogP) is 4.61. The molecule has 3 heteroatoms. The van der Waals surface area contributed by atoms with Gasteiger partial charge in [0.2, 0.25) is 0 Å². The van der Waals surface area contributed by atoms with Gasteiger partial charge in [-0.25, -0.2) is 4.98 Å². The molecule has 0 aliphatic carbocycles. The van der Waals surface area contributed by atoms with Crippen LogP contribution >= 0.6 is 11.3 Å². The number of rotatable bonds is 7. The van der Waals surface area contributed by atoms with E-state index in [2.05, 4.69) is 63.3 Å². The first kappa shape index (κ1) is 16.2. The summed E-state index contributed by atoms with van der Waals surface area (Å²) in [7, 11) is 0. The lowest BCUT2D eigenvalue weighted by Crippen LogP contribution is -2.44. The lowest BCUT2D eigenvalue weighted by molar-refractivity contribution is 0.316. The molecule has 1 aromatic heterocycles. The van der Waals surface area contributed by atoms with Crippen LogP contribution in [0.25, 0.3) is 0 Å². The van der Waals surface area contributed by atoms with Crippen LogP contribution in [-0.2, 0) is 12.0 Å². The Morgan fingerprint density at radius 1 is 1.14 bits per heavy atom. The van der Waals surface area contributed by atoms with Gasteiger partial charge in [0.15, 0.2) is 0 Å². The topological polar surface area (TPSA) is 24.9 Å². The number of benzene rings is 1. The van der Waals surface area contributed by atoms with Gasteiger partial charge < -0.3 is 5.32 Å². The summed E-state index contributed by atoms with van der Waals surface area (Å²) in [5.74, 6) is 0. The second-order valence-electron chi connectivity index (χ2n) is 5.69. The Labute approximate surface area is 132 Å². The minimum Gasteiger partial charge on any atom is -0.305 e. The monoisotopic (exact) mass is 302 g/mol. The molecule has 0 radical (unpaired) electrons. The number of aromatic nitrogens is 1. The maximum atomic E-state index is 4.86. The van der Waals surface area contributed by atoms with Crippen molar-refractivity contribution in [1.82, 2.24) is 10.3 Å². The summed E-state index contributed by atoms with van der Waals surface area (Å²) >= 11 is 1.84. The van der Waals surface area contributed by atoms with Crippen molar-refractivity contribution in [3.63, 3.8) is 0 Å². The molecule has 21 heavy (non-hydrogen) atoms. The molecule has 0 aliphatic heterocycles. The molecule has 1 unspecified atom stereocenters. The number of nitrogens with zero attached hydrogens (tertiary/aromatic N) is 1. The Balaban J connectivity index is 2.37. The molecule has 0 fully saturated rings. The van der Waals surface area contributed by atoms with Gasteiger partial charge in [-0.2, -0.15) is 0 Å². The highest BCUT2D eigenvalue weighted by Gasteiger charge is 2.33. The first-order valence-electron chi connectivity index (χ1n) is 7.84. The Bertz CT molecular complexity index is 542. The van der Waals surface area contributed by atoms with E-state index in [0.717, 1.165) is 25.8 Å². The summed E-state index contributed by atoms with van der Waals surface area (Å²) in [5.41, 5.74) is 2.49. The molecule has 0 amide bonds. The van der Waals surface area contributed by atoms with Crippen molar-refractivity contribution in [2.24, 2.45) is 0 Å². The highest BCUT2D eigenvalue weighted by molar-refractivity contribution is 7.11. The molecule has 2 nitrogen and oxygen atoms in total. The summed E-state index contributed by atoms with van der Waals surface area (Å²) in [6.07, 6.45) is 3.19. The zero-order chi connectivity index (χ0) is 15.3. The molecule has 0 saturated heterocycles. The fourth-order valence-corrected chi connectivity index (χ4v) is 3.75. The maximum Gasteiger partial charge on any atom is 0.114 e. The van der Waals surface area contributed by atoms with Gasteiger partial charge >= 0.3 is 0 Å². The Morgan fingerprint density at radius 3 is 2.38 bits per heavy atom. The average molecular weight is 302 g/mol. The molecule has 2 aromatic rings. The Hall–Kier alpha value is -1.19. The van der Waals surface area contributed by atoms with E-state index < -0.39 is 0 Å². The third-order valence-electron chi connectivity index (χ3n) is 4.10. The van der Waals surface area contributed by atoms with Crippen LogP contribution in [0.3, 0.4) is 0 Å². The van der Waals surface area contributed by atoms with Crippen molar-refractivity contribution in [2.75, 3.05) is 6.54 Å². The van der Waals surface area contributed by atoms with Crippen molar-refractivity contribution < 1.29 is 0 Å². The van der Waals surface area contributed by atoms with Crippen molar-refractivity contribution in [1.29, 1.82) is 0 Å². The van der Waals surface area contributed by atoms with Crippen molar-refractivity contribution >= 4 is 11.3 Å². The third-order valence-corrected chi connectivity index (χ3v) is 5.38. The SMILES string of the molecule is CCCNC(CC)(Cc1ccccc1)c1nc(C)c(C)s1. The highest BCUT2D eigenvalue weighted by atomic mass is 32.1. The molecule has 0 bridgehead atoms. The van der Waals surface area contributed by atoms with Crippen molar-refractivity contribution in [2.45, 2.75) is 52.5 Å². The second kappa shape index (κ2) is 7.19. The van der Waals surface area contributed by atoms with Gasteiger partial charge in [-0.15, -0.1) is 11.3 Å². The van der Waals surface area contributed by atoms with Crippen LogP contribution in [0.15, 0.2) is 30.3 Å². The van der Waals surface area contributed by atoms with Crippen molar-refractivity contribution in [3.05, 3.63) is 51.5 Å². The molecule has 1 aromatic carbocycles. The van der Waals surface area contributed by atoms with E-state index in [1.54, 1.807) is 0 Å². The van der Waals surface area contributed by atoms with Gasteiger partial charge in [-0.3, -0.25) is 0 Å². The van der Waals surface area contributed by atoms with E-state index in [1.165, 1.54) is 21.1 Å². The minimum absolute atomic E-state index is 0.0406. The molecule has 0 aliphatic rings. The zero-order valence-electron chi connectivity index (χ0n) is 13.6. The lowest BCUT2D eigenvalue weighted by Gasteiger charge is -2.32. The van der Waals surface area contributed by atoms with E-state index in [4.69, 9.17) is 4.98 Å². The quantitative estimate of drug-likeness (QED) is 0.808. The Kier molecular flexibility index (Phi) is 5.54. The van der Waals surface area contributed by atoms with E-state index in [1.807, 2.05) is 11.3 Å². The first-order chi connectivity index (χ1) is 10.1. The number of hydrogen-bond acceptors (Lipinski definition) is 3. The van der Waals surface area contributed by atoms with Crippen molar-refractivity contribution in [3.8, 4) is 0 Å². The molecule has 0 saturated carbocycles. The number of hydrogen-bond donors (Lipinski definition) is 1. The van der Waals surface area contributed by atoms with E-state index >= 15 is 0 Å². The molecule has 1 atom stereocenters. The van der Waals surface area contributed by atoms with Gasteiger partial charge in [0.05, 0.1) is 11.2 Å². The Morgan fingerprint density at radius 2 is 1.86 bits per heavy atom. The summed E-state index contributed by atoms with van der Waals surface area (Å²) < 4.78 is 0. The zero-order valence-corrected chi connectivity index (χ0v) is 14.4. The lowest BCUT2D eigenvalue weighted by atomic mass is 9.88. The molecular formula is C18H26N2S. The van der Waals surface area contributed by atoms with Crippen LogP contribution in [-0.4, -0.2) is 11.5 Å². The average Bonchev–Trinajstić information content (AvgIpc) is 2.84. The summed E-state index contributed by atoms with van der Waals surface area (Å²) in [4.78, 5) is 6.19. The first-order valence-corrected chi connectivity index (χ1v) is 8.66. The molecule has 2 rings (SSSR count). The van der Waals surface area contributed by atoms with E-state index in [-0.39, 0.29) is 5.54 Å². The van der Waals surface area contributed by atoms with Gasteiger partial charge in [0, 0.05) is 4.88 Å². The fourth-order valence-electron chi connectivity index (χ4n) is 2.60. The van der Waals surface area contributed by atoms with Crippen LogP contribution in [0.1, 0.15) is 47.8 Å². The largest absolute Gasteiger partial charge is 0.305 e. The number of nitrogens with one attached hydrogen (secondary N) is 1. The number of aryl methyl sites for hydroxylation is 2. The van der Waals surface area contributed by atoms with Crippen LogP contribution in [0.4, 0.5) is 0 Å². The predicted molar refractivity (Wildman–Crippen MR) is 92.0 cm³/mol. The standard InChI is InChI=1S/C18H26N2S/c1-5-12-19-18(6-2,13-16-10-8-7-9-11-16)17-20-14(3)15(4)21-17/h7-11,19H,5-6,12-13H2,1-4H3. The van der Waals surface area contributed by atoms with Gasteiger partial charge in [0.1, 0.15) is 5.01 Å². The molecule has 1 heterocycles. The third kappa shape index (κ3) is 3.72. The van der Waals surface area contributed by atoms with Crippen LogP contribution in [0.5, 0.6) is 0 Å². The maximum absolute atomic E-state index is 4.86. The smallest absolute Gasteiger partial charge is 0.114 e. The normalized spacial score (nSPS) is 14.1. The molecule has 114 valence electrons. The highest BCUT2D eigenvalue weighted by Crippen LogP contribution is 2.33. The molecule has 1 N–H and O–H groups in total.